The van der Waals surface area contributed by atoms with Crippen molar-refractivity contribution in [1.82, 2.24) is 4.90 Å². The van der Waals surface area contributed by atoms with E-state index >= 15 is 0 Å². The highest BCUT2D eigenvalue weighted by Gasteiger charge is 2.68. The monoisotopic (exact) mass is 585 g/mol. The van der Waals surface area contributed by atoms with E-state index in [2.05, 4.69) is 21.2 Å². The van der Waals surface area contributed by atoms with E-state index in [1.807, 2.05) is 31.2 Å². The number of hydrogen-bond acceptors (Lipinski definition) is 6. The van der Waals surface area contributed by atoms with Crippen molar-refractivity contribution in [3.05, 3.63) is 97.0 Å². The molecule has 0 bridgehead atoms. The summed E-state index contributed by atoms with van der Waals surface area (Å²) >= 11 is 9.88. The molecule has 3 aromatic carbocycles. The zero-order valence-corrected chi connectivity index (χ0v) is 22.6. The summed E-state index contributed by atoms with van der Waals surface area (Å²) in [6.07, 6.45) is 0. The van der Waals surface area contributed by atoms with Gasteiger partial charge in [0, 0.05) is 33.3 Å². The number of carbonyl (C=O) groups excluding carboxylic acids is 1. The number of benzene rings is 3. The molecular formula is C27H25BrClN3O5. The molecule has 1 amide bonds. The fourth-order valence-electron chi connectivity index (χ4n) is 5.55. The fraction of sp³-hybridized carbons (Fsp3) is 0.296. The Hall–Kier alpha value is -3.14. The summed E-state index contributed by atoms with van der Waals surface area (Å²) in [4.78, 5) is 27.5. The zero-order valence-electron chi connectivity index (χ0n) is 20.2. The Labute approximate surface area is 227 Å². The minimum Gasteiger partial charge on any atom is -0.490 e. The van der Waals surface area contributed by atoms with Crippen LogP contribution in [0.2, 0.25) is 5.02 Å². The lowest BCUT2D eigenvalue weighted by Crippen LogP contribution is -2.54. The molecule has 0 saturated carbocycles. The smallest absolute Gasteiger partial charge is 0.256 e. The first-order chi connectivity index (χ1) is 17.8. The molecule has 0 aromatic heterocycles. The van der Waals surface area contributed by atoms with Crippen molar-refractivity contribution in [1.29, 1.82) is 0 Å². The normalized spacial score (nSPS) is 22.6. The third-order valence-corrected chi connectivity index (χ3v) is 8.09. The van der Waals surface area contributed by atoms with Crippen LogP contribution in [0.1, 0.15) is 29.5 Å². The molecule has 2 aliphatic rings. The first-order valence-corrected chi connectivity index (χ1v) is 13.0. The summed E-state index contributed by atoms with van der Waals surface area (Å²) in [6, 6.07) is 17.0. The predicted octanol–water partition coefficient (Wildman–Crippen LogP) is 5.60. The number of carbonyl (C=O) groups is 1. The van der Waals surface area contributed by atoms with Gasteiger partial charge in [0.05, 0.1) is 17.0 Å². The van der Waals surface area contributed by atoms with Crippen LogP contribution in [0.5, 0.6) is 11.5 Å². The highest BCUT2D eigenvalue weighted by Crippen LogP contribution is 2.53. The van der Waals surface area contributed by atoms with E-state index in [9.17, 15) is 14.9 Å². The van der Waals surface area contributed by atoms with Gasteiger partial charge in [-0.3, -0.25) is 19.8 Å². The minimum atomic E-state index is -1.41. The highest BCUT2D eigenvalue weighted by molar-refractivity contribution is 9.10. The number of amides is 1. The number of ether oxygens (including phenoxy) is 2. The molecule has 192 valence electrons. The lowest BCUT2D eigenvalue weighted by molar-refractivity contribution is -0.534. The number of para-hydroxylation sites is 1. The number of nitrogens with one attached hydrogen (secondary N) is 1. The molecular weight excluding hydrogens is 562 g/mol. The molecule has 2 aliphatic heterocycles. The number of hydrogen-bond donors (Lipinski definition) is 1. The molecule has 0 radical (unpaired) electrons. The summed E-state index contributed by atoms with van der Waals surface area (Å²) < 4.78 is 12.6. The SMILES string of the molecule is CCOc1cc([C@@H]2CN(C)[C@@]3(C(=O)Nc4ccccc43)[C@@H]2[N+](=O)[O-])cc(Br)c1OCc1ccccc1Cl. The summed E-state index contributed by atoms with van der Waals surface area (Å²) in [5, 5.41) is 16.1. The number of fused-ring (bicyclic) bond motifs is 2. The molecule has 1 N–H and O–H groups in total. The van der Waals surface area contributed by atoms with E-state index in [1.54, 1.807) is 48.3 Å². The first-order valence-electron chi connectivity index (χ1n) is 11.9. The van der Waals surface area contributed by atoms with Crippen molar-refractivity contribution in [3.8, 4) is 11.5 Å². The van der Waals surface area contributed by atoms with Crippen molar-refractivity contribution in [3.63, 3.8) is 0 Å². The van der Waals surface area contributed by atoms with Crippen LogP contribution in [-0.2, 0) is 16.9 Å². The number of nitrogens with zero attached hydrogens (tertiary/aromatic N) is 2. The van der Waals surface area contributed by atoms with E-state index < -0.39 is 17.5 Å². The van der Waals surface area contributed by atoms with Crippen molar-refractivity contribution < 1.29 is 19.2 Å². The molecule has 37 heavy (non-hydrogen) atoms. The minimum absolute atomic E-state index is 0.224. The van der Waals surface area contributed by atoms with Crippen LogP contribution in [0.15, 0.2) is 65.1 Å². The Morgan fingerprint density at radius 3 is 2.65 bits per heavy atom. The van der Waals surface area contributed by atoms with E-state index in [0.717, 1.165) is 5.56 Å². The zero-order chi connectivity index (χ0) is 26.3. The van der Waals surface area contributed by atoms with Gasteiger partial charge >= 0.3 is 0 Å². The number of likely N-dealkylation sites (tertiary alicyclic amines) is 1. The number of rotatable bonds is 7. The second kappa shape index (κ2) is 9.96. The molecule has 1 spiro atoms. The van der Waals surface area contributed by atoms with Crippen molar-refractivity contribution >= 4 is 39.1 Å². The van der Waals surface area contributed by atoms with Gasteiger partial charge in [-0.1, -0.05) is 48.0 Å². The molecule has 3 atom stereocenters. The van der Waals surface area contributed by atoms with Crippen LogP contribution in [0, 0.1) is 10.1 Å². The van der Waals surface area contributed by atoms with Gasteiger partial charge in [-0.2, -0.15) is 0 Å². The fourth-order valence-corrected chi connectivity index (χ4v) is 6.31. The van der Waals surface area contributed by atoms with Gasteiger partial charge < -0.3 is 14.8 Å². The molecule has 0 aliphatic carbocycles. The molecule has 10 heteroatoms. The topological polar surface area (TPSA) is 93.9 Å². The molecule has 1 saturated heterocycles. The van der Waals surface area contributed by atoms with Crippen molar-refractivity contribution in [2.24, 2.45) is 0 Å². The summed E-state index contributed by atoms with van der Waals surface area (Å²) in [5.41, 5.74) is 1.31. The Morgan fingerprint density at radius 1 is 1.19 bits per heavy atom. The third-order valence-electron chi connectivity index (χ3n) is 7.13. The number of halogens is 2. The average Bonchev–Trinajstić information content (AvgIpc) is 3.34. The first kappa shape index (κ1) is 25.5. The van der Waals surface area contributed by atoms with Crippen LogP contribution in [0.25, 0.3) is 0 Å². The van der Waals surface area contributed by atoms with Crippen LogP contribution in [0.3, 0.4) is 0 Å². The van der Waals surface area contributed by atoms with E-state index in [1.165, 1.54) is 0 Å². The second-order valence-corrected chi connectivity index (χ2v) is 10.4. The average molecular weight is 587 g/mol. The Morgan fingerprint density at radius 2 is 1.92 bits per heavy atom. The van der Waals surface area contributed by atoms with Gasteiger partial charge in [-0.25, -0.2) is 0 Å². The molecule has 8 nitrogen and oxygen atoms in total. The maximum Gasteiger partial charge on any atom is 0.256 e. The summed E-state index contributed by atoms with van der Waals surface area (Å²) in [5.74, 6) is -0.0247. The van der Waals surface area contributed by atoms with Gasteiger partial charge in [-0.15, -0.1) is 0 Å². The molecule has 0 unspecified atom stereocenters. The number of nitro groups is 1. The maximum atomic E-state index is 13.4. The van der Waals surface area contributed by atoms with Crippen LogP contribution in [-0.4, -0.2) is 42.0 Å². The Balaban J connectivity index is 1.55. The van der Waals surface area contributed by atoms with E-state index in [4.69, 9.17) is 21.1 Å². The molecule has 3 aromatic rings. The maximum absolute atomic E-state index is 13.4. The molecule has 5 rings (SSSR count). The standard InChI is InChI=1S/C27H25BrClN3O5/c1-3-36-23-13-17(12-20(28)24(23)37-15-16-8-4-6-10-21(16)29)18-14-31(2)27(25(18)32(34)35)19-9-5-7-11-22(19)30-26(27)33/h4-13,18,25H,3,14-15H2,1-2H3,(H,30,33)/t18-,25+,27+/m0/s1. The second-order valence-electron chi connectivity index (χ2n) is 9.13. The number of likely N-dealkylation sites (N-methyl/N-ethyl adjacent to an activating group) is 1. The van der Waals surface area contributed by atoms with Crippen molar-refractivity contribution in [2.45, 2.75) is 31.0 Å². The third kappa shape index (κ3) is 4.15. The van der Waals surface area contributed by atoms with E-state index in [-0.39, 0.29) is 17.4 Å². The Kier molecular flexibility index (Phi) is 6.87. The van der Waals surface area contributed by atoms with Gasteiger partial charge in [0.15, 0.2) is 17.0 Å². The van der Waals surface area contributed by atoms with Crippen LogP contribution in [0.4, 0.5) is 5.69 Å². The highest BCUT2D eigenvalue weighted by atomic mass is 79.9. The van der Waals surface area contributed by atoms with Crippen molar-refractivity contribution in [2.75, 3.05) is 25.5 Å². The predicted molar refractivity (Wildman–Crippen MR) is 144 cm³/mol. The van der Waals surface area contributed by atoms with Gasteiger partial charge in [-0.05, 0) is 59.7 Å². The lowest BCUT2D eigenvalue weighted by Gasteiger charge is -2.30. The Bertz CT molecular complexity index is 1390. The summed E-state index contributed by atoms with van der Waals surface area (Å²) in [6.45, 7) is 2.77. The number of anilines is 1. The van der Waals surface area contributed by atoms with Gasteiger partial charge in [0.25, 0.3) is 11.9 Å². The van der Waals surface area contributed by atoms with Crippen LogP contribution >= 0.6 is 27.5 Å². The lowest BCUT2D eigenvalue weighted by atomic mass is 9.79. The quantitative estimate of drug-likeness (QED) is 0.286. The van der Waals surface area contributed by atoms with Gasteiger partial charge in [0.1, 0.15) is 6.61 Å². The van der Waals surface area contributed by atoms with Crippen LogP contribution < -0.4 is 14.8 Å². The molecule has 1 fully saturated rings. The summed E-state index contributed by atoms with van der Waals surface area (Å²) in [7, 11) is 1.76. The molecule has 2 heterocycles. The van der Waals surface area contributed by atoms with E-state index in [0.29, 0.717) is 51.0 Å². The van der Waals surface area contributed by atoms with Gasteiger partial charge in [0.2, 0.25) is 0 Å². The largest absolute Gasteiger partial charge is 0.490 e.